The Balaban J connectivity index is 2.99. The number of rotatable bonds is 3. The Bertz CT molecular complexity index is 21.5. The molecule has 0 nitrogen and oxygen atoms in total. The molecule has 0 bridgehead atoms. The molecule has 0 aromatic heterocycles. The molecule has 0 amide bonds. The van der Waals surface area contributed by atoms with Crippen LogP contribution in [0.2, 0.25) is 0 Å². The minimum atomic E-state index is 0.986. The summed E-state index contributed by atoms with van der Waals surface area (Å²) in [5.74, 6) is 0.986. The molecular weight excluding hydrogens is 85.1 g/mol. The van der Waals surface area contributed by atoms with Gasteiger partial charge in [-0.05, 0) is 5.92 Å². The van der Waals surface area contributed by atoms with Crippen LogP contribution < -0.4 is 0 Å². The van der Waals surface area contributed by atoms with E-state index in [2.05, 4.69) is 20.8 Å². The third-order valence-electron chi connectivity index (χ3n) is 1.73. The molecule has 0 aliphatic rings. The summed E-state index contributed by atoms with van der Waals surface area (Å²) in [5.41, 5.74) is 0. The number of hydrogen-bond donors (Lipinski definition) is 0. The highest BCUT2D eigenvalue weighted by Crippen LogP contribution is 2.09. The second-order valence-corrected chi connectivity index (χ2v) is 2.09. The molecule has 0 heterocycles. The first-order chi connectivity index (χ1) is 3.35. The highest BCUT2D eigenvalue weighted by Gasteiger charge is 1.95. The Kier molecular flexibility index (Phi) is 4.17. The quantitative estimate of drug-likeness (QED) is 0.479. The van der Waals surface area contributed by atoms with Gasteiger partial charge < -0.3 is 0 Å². The van der Waals surface area contributed by atoms with Crippen molar-refractivity contribution in [3.8, 4) is 0 Å². The molecule has 0 N–H and O–H groups in total. The second-order valence-electron chi connectivity index (χ2n) is 2.09. The molecule has 44 valence electrons. The Morgan fingerprint density at radius 1 is 0.857 bits per heavy atom. The van der Waals surface area contributed by atoms with Crippen LogP contribution in [0.25, 0.3) is 0 Å². The molecule has 0 saturated carbocycles. The average Bonchev–Trinajstić information content (AvgIpc) is 1.72. The fourth-order valence-electron chi connectivity index (χ4n) is 0.866. The predicted octanol–water partition coefficient (Wildman–Crippen LogP) is 2.83. The molecule has 7 heavy (non-hydrogen) atoms. The van der Waals surface area contributed by atoms with Gasteiger partial charge in [-0.25, -0.2) is 0 Å². The van der Waals surface area contributed by atoms with Gasteiger partial charge in [0.25, 0.3) is 0 Å². The molecule has 0 unspecified atom stereocenters. The molecule has 0 aromatic carbocycles. The third-order valence-corrected chi connectivity index (χ3v) is 1.73. The predicted molar refractivity (Wildman–Crippen MR) is 34.4 cm³/mol. The summed E-state index contributed by atoms with van der Waals surface area (Å²) in [5, 5.41) is 0. The summed E-state index contributed by atoms with van der Waals surface area (Å²) in [4.78, 5) is 0. The summed E-state index contributed by atoms with van der Waals surface area (Å²) >= 11 is 0. The van der Waals surface area contributed by atoms with Crippen LogP contribution >= 0.6 is 0 Å². The van der Waals surface area contributed by atoms with E-state index in [9.17, 15) is 0 Å². The first-order valence-electron chi connectivity index (χ1n) is 3.35. The van der Waals surface area contributed by atoms with E-state index in [1.807, 2.05) is 0 Å². The van der Waals surface area contributed by atoms with Crippen LogP contribution in [-0.4, -0.2) is 0 Å². The van der Waals surface area contributed by atoms with Gasteiger partial charge in [0.1, 0.15) is 0 Å². The van der Waals surface area contributed by atoms with Crippen molar-refractivity contribution in [3.05, 3.63) is 0 Å². The summed E-state index contributed by atoms with van der Waals surface area (Å²) in [7, 11) is 0. The maximum Gasteiger partial charge on any atom is -0.0422 e. The van der Waals surface area contributed by atoms with Gasteiger partial charge in [0.15, 0.2) is 0 Å². The van der Waals surface area contributed by atoms with Crippen LogP contribution in [0.15, 0.2) is 0 Å². The van der Waals surface area contributed by atoms with Crippen LogP contribution in [0.5, 0.6) is 0 Å². The first-order valence-corrected chi connectivity index (χ1v) is 3.35. The van der Waals surface area contributed by atoms with E-state index >= 15 is 0 Å². The van der Waals surface area contributed by atoms with Gasteiger partial charge in [0.05, 0.1) is 0 Å². The van der Waals surface area contributed by atoms with E-state index in [-0.39, 0.29) is 0 Å². The van der Waals surface area contributed by atoms with Crippen LogP contribution in [0.4, 0.5) is 0 Å². The van der Waals surface area contributed by atoms with E-state index in [0.717, 1.165) is 5.92 Å². The fourth-order valence-corrected chi connectivity index (χ4v) is 0.866. The Labute approximate surface area is 46.9 Å². The lowest BCUT2D eigenvalue weighted by atomic mass is 10.3. The largest absolute Gasteiger partial charge is 0.0651 e. The third kappa shape index (κ3) is 2.67. The molecule has 0 rings (SSSR count). The van der Waals surface area contributed by atoms with Crippen LogP contribution in [0, 0.1) is 5.92 Å². The monoisotopic (exact) mass is 101 g/mol. The molecule has 0 radical (unpaired) electrons. The summed E-state index contributed by atoms with van der Waals surface area (Å²) in [6, 6.07) is 0. The van der Waals surface area contributed by atoms with Crippen LogP contribution in [0.1, 0.15) is 40.0 Å². The van der Waals surface area contributed by atoms with E-state index in [0.29, 0.717) is 0 Å². The molecule has 0 aliphatic carbocycles. The highest BCUT2D eigenvalue weighted by molar-refractivity contribution is 4.48. The van der Waals surface area contributed by atoms with Crippen molar-refractivity contribution in [3.63, 3.8) is 0 Å². The zero-order chi connectivity index (χ0) is 5.70. The summed E-state index contributed by atoms with van der Waals surface area (Å²) in [6.45, 7) is 6.78. The second kappa shape index (κ2) is 4.17. The maximum atomic E-state index is 2.26. The van der Waals surface area contributed by atoms with Gasteiger partial charge in [-0.1, -0.05) is 40.0 Å². The molecule has 0 atom stereocenters. The summed E-state index contributed by atoms with van der Waals surface area (Å²) in [6.07, 6.45) is 4.06. The zero-order valence-electron chi connectivity index (χ0n) is 5.70. The summed E-state index contributed by atoms with van der Waals surface area (Å²) < 4.78 is 0. The van der Waals surface area contributed by atoms with Gasteiger partial charge in [0, 0.05) is 0 Å². The lowest BCUT2D eigenvalue weighted by molar-refractivity contribution is 0.477. The molecule has 0 saturated heterocycles. The molecule has 0 fully saturated rings. The van der Waals surface area contributed by atoms with Crippen LogP contribution in [-0.2, 0) is 0 Å². The minimum Gasteiger partial charge on any atom is -0.0651 e. The van der Waals surface area contributed by atoms with Crippen molar-refractivity contribution in [2.75, 3.05) is 0 Å². The Hall–Kier alpha value is 0. The van der Waals surface area contributed by atoms with Crippen LogP contribution in [0.3, 0.4) is 0 Å². The zero-order valence-corrected chi connectivity index (χ0v) is 5.70. The Morgan fingerprint density at radius 2 is 1.14 bits per heavy atom. The first kappa shape index (κ1) is 7.00. The lowest BCUT2D eigenvalue weighted by Crippen LogP contribution is -1.91. The van der Waals surface area contributed by atoms with Gasteiger partial charge in [-0.15, -0.1) is 0 Å². The van der Waals surface area contributed by atoms with E-state index in [1.54, 1.807) is 0 Å². The maximum absolute atomic E-state index is 2.26. The van der Waals surface area contributed by atoms with Crippen molar-refractivity contribution >= 4 is 0 Å². The van der Waals surface area contributed by atoms with Gasteiger partial charge in [0.2, 0.25) is 0 Å². The van der Waals surface area contributed by atoms with Crippen molar-refractivity contribution in [1.82, 2.24) is 0 Å². The van der Waals surface area contributed by atoms with Gasteiger partial charge in [-0.3, -0.25) is 0 Å². The Morgan fingerprint density at radius 3 is 1.14 bits per heavy atom. The number of hydrogen-bond acceptors (Lipinski definition) is 0. The highest BCUT2D eigenvalue weighted by atomic mass is 14.5. The molecule has 0 aromatic rings. The molecule has 0 aliphatic heterocycles. The smallest absolute Gasteiger partial charge is 0.0422 e. The van der Waals surface area contributed by atoms with Crippen molar-refractivity contribution in [2.45, 2.75) is 40.0 Å². The van der Waals surface area contributed by atoms with Gasteiger partial charge in [-0.2, -0.15) is 0 Å². The molecular formula is C7H16. The van der Waals surface area contributed by atoms with Gasteiger partial charge >= 0.3 is 0 Å². The van der Waals surface area contributed by atoms with E-state index in [1.165, 1.54) is 19.3 Å². The van der Waals surface area contributed by atoms with Crippen molar-refractivity contribution in [1.29, 1.82) is 0 Å². The minimum absolute atomic E-state index is 0.986. The molecule has 0 spiro atoms. The standard InChI is InChI=1S/C7H16/c1-4-7(5-2)6-3/h7H,4-6H2,1-3H3/i7+1. The normalized spacial score (nSPS) is 10.3. The fraction of sp³-hybridized carbons (Fsp3) is 1.00. The van der Waals surface area contributed by atoms with E-state index in [4.69, 9.17) is 0 Å². The lowest BCUT2D eigenvalue weighted by Gasteiger charge is -2.05. The van der Waals surface area contributed by atoms with Crippen molar-refractivity contribution in [2.24, 2.45) is 5.92 Å². The topological polar surface area (TPSA) is 0 Å². The van der Waals surface area contributed by atoms with E-state index < -0.39 is 0 Å². The SMILES string of the molecule is CC[13CH](CC)CC. The van der Waals surface area contributed by atoms with Crippen molar-refractivity contribution < 1.29 is 0 Å². The molecule has 0 heteroatoms. The average molecular weight is 101 g/mol.